The first-order valence-electron chi connectivity index (χ1n) is 5.09. The summed E-state index contributed by atoms with van der Waals surface area (Å²) in [5, 5.41) is 0. The topological polar surface area (TPSA) is 20.3 Å². The molecule has 1 aromatic carbocycles. The van der Waals surface area contributed by atoms with Gasteiger partial charge in [-0.15, -0.1) is 0 Å². The lowest BCUT2D eigenvalue weighted by Gasteiger charge is -2.31. The second-order valence-corrected chi connectivity index (χ2v) is 4.05. The van der Waals surface area contributed by atoms with Crippen molar-refractivity contribution < 1.29 is 4.79 Å². The second kappa shape index (κ2) is 3.45. The van der Waals surface area contributed by atoms with E-state index in [2.05, 4.69) is 26.0 Å². The van der Waals surface area contributed by atoms with Crippen LogP contribution >= 0.6 is 0 Å². The fourth-order valence-electron chi connectivity index (χ4n) is 1.64. The summed E-state index contributed by atoms with van der Waals surface area (Å²) < 4.78 is 0. The molecule has 1 aromatic rings. The molecule has 1 amide bonds. The molecule has 1 fully saturated rings. The molecule has 0 aromatic heterocycles. The maximum absolute atomic E-state index is 11.2. The van der Waals surface area contributed by atoms with Gasteiger partial charge in [-0.3, -0.25) is 4.79 Å². The van der Waals surface area contributed by atoms with Crippen LogP contribution in [-0.4, -0.2) is 12.5 Å². The molecule has 74 valence electrons. The number of hydrogen-bond donors (Lipinski definition) is 0. The van der Waals surface area contributed by atoms with Crippen molar-refractivity contribution in [3.05, 3.63) is 29.8 Å². The Morgan fingerprint density at radius 2 is 2.14 bits per heavy atom. The average Bonchev–Trinajstić information content (AvgIpc) is 2.16. The van der Waals surface area contributed by atoms with Crippen molar-refractivity contribution in [2.45, 2.75) is 26.2 Å². The summed E-state index contributed by atoms with van der Waals surface area (Å²) >= 11 is 0. The summed E-state index contributed by atoms with van der Waals surface area (Å²) in [4.78, 5) is 13.1. The van der Waals surface area contributed by atoms with Gasteiger partial charge >= 0.3 is 0 Å². The monoisotopic (exact) mass is 189 g/mol. The minimum atomic E-state index is 0.242. The van der Waals surface area contributed by atoms with Crippen LogP contribution in [-0.2, 0) is 4.79 Å². The molecule has 0 aliphatic carbocycles. The summed E-state index contributed by atoms with van der Waals surface area (Å²) in [6.07, 6.45) is 0.700. The van der Waals surface area contributed by atoms with E-state index in [1.165, 1.54) is 5.56 Å². The van der Waals surface area contributed by atoms with E-state index < -0.39 is 0 Å². The molecular weight excluding hydrogens is 174 g/mol. The molecule has 0 unspecified atom stereocenters. The molecule has 1 heterocycles. The van der Waals surface area contributed by atoms with E-state index >= 15 is 0 Å². The normalized spacial score (nSPS) is 15.9. The molecule has 2 rings (SSSR count). The molecular formula is C12H15NO. The number of benzene rings is 1. The molecule has 0 saturated carbocycles. The number of hydrogen-bond acceptors (Lipinski definition) is 1. The average molecular weight is 189 g/mol. The highest BCUT2D eigenvalue weighted by Crippen LogP contribution is 2.25. The van der Waals surface area contributed by atoms with Gasteiger partial charge in [0.2, 0.25) is 5.91 Å². The molecule has 0 N–H and O–H groups in total. The minimum Gasteiger partial charge on any atom is -0.312 e. The van der Waals surface area contributed by atoms with Crippen LogP contribution in [0.3, 0.4) is 0 Å². The Hall–Kier alpha value is -1.31. The molecule has 2 nitrogen and oxygen atoms in total. The third-order valence-corrected chi connectivity index (χ3v) is 2.70. The van der Waals surface area contributed by atoms with Gasteiger partial charge in [-0.25, -0.2) is 0 Å². The molecule has 0 atom stereocenters. The zero-order valence-corrected chi connectivity index (χ0v) is 8.66. The van der Waals surface area contributed by atoms with Crippen molar-refractivity contribution in [2.24, 2.45) is 0 Å². The highest BCUT2D eigenvalue weighted by Gasteiger charge is 2.25. The summed E-state index contributed by atoms with van der Waals surface area (Å²) in [6.45, 7) is 5.20. The van der Waals surface area contributed by atoms with Crippen LogP contribution in [0, 0.1) is 0 Å². The Morgan fingerprint density at radius 3 is 2.64 bits per heavy atom. The summed E-state index contributed by atoms with van der Waals surface area (Å²) in [6, 6.07) is 8.25. The Kier molecular flexibility index (Phi) is 2.28. The standard InChI is InChI=1S/C12H15NO/c1-9(2)10-4-3-5-11(8-10)13-7-6-12(13)14/h3-5,8-9H,6-7H2,1-2H3. The molecule has 0 spiro atoms. The predicted molar refractivity (Wildman–Crippen MR) is 57.5 cm³/mol. The van der Waals surface area contributed by atoms with Gasteiger partial charge < -0.3 is 4.90 Å². The number of rotatable bonds is 2. The zero-order chi connectivity index (χ0) is 10.1. The van der Waals surface area contributed by atoms with Gasteiger partial charge in [0.15, 0.2) is 0 Å². The summed E-state index contributed by atoms with van der Waals surface area (Å²) in [5.74, 6) is 0.761. The van der Waals surface area contributed by atoms with Gasteiger partial charge in [0.1, 0.15) is 0 Å². The predicted octanol–water partition coefficient (Wildman–Crippen LogP) is 2.55. The number of carbonyl (C=O) groups is 1. The quantitative estimate of drug-likeness (QED) is 0.655. The van der Waals surface area contributed by atoms with E-state index in [1.807, 2.05) is 17.0 Å². The Labute approximate surface area is 84.5 Å². The van der Waals surface area contributed by atoms with E-state index in [-0.39, 0.29) is 5.91 Å². The number of carbonyl (C=O) groups excluding carboxylic acids is 1. The highest BCUT2D eigenvalue weighted by atomic mass is 16.2. The second-order valence-electron chi connectivity index (χ2n) is 4.05. The van der Waals surface area contributed by atoms with Gasteiger partial charge in [0.25, 0.3) is 0 Å². The van der Waals surface area contributed by atoms with Crippen LogP contribution in [0.4, 0.5) is 5.69 Å². The number of nitrogens with zero attached hydrogens (tertiary/aromatic N) is 1. The molecule has 14 heavy (non-hydrogen) atoms. The van der Waals surface area contributed by atoms with Crippen molar-refractivity contribution in [3.8, 4) is 0 Å². The summed E-state index contributed by atoms with van der Waals surface area (Å²) in [5.41, 5.74) is 2.34. The van der Waals surface area contributed by atoms with Crippen LogP contribution in [0.25, 0.3) is 0 Å². The van der Waals surface area contributed by atoms with Crippen LogP contribution in [0.1, 0.15) is 31.7 Å². The fourth-order valence-corrected chi connectivity index (χ4v) is 1.64. The highest BCUT2D eigenvalue weighted by molar-refractivity contribution is 5.99. The molecule has 1 aliphatic heterocycles. The molecule has 0 radical (unpaired) electrons. The van der Waals surface area contributed by atoms with Crippen molar-refractivity contribution in [2.75, 3.05) is 11.4 Å². The number of amides is 1. The van der Waals surface area contributed by atoms with E-state index in [1.54, 1.807) is 0 Å². The Bertz CT molecular complexity index is 357. The van der Waals surface area contributed by atoms with Crippen molar-refractivity contribution in [3.63, 3.8) is 0 Å². The van der Waals surface area contributed by atoms with E-state index in [4.69, 9.17) is 0 Å². The maximum Gasteiger partial charge on any atom is 0.228 e. The smallest absolute Gasteiger partial charge is 0.228 e. The first-order chi connectivity index (χ1) is 6.68. The van der Waals surface area contributed by atoms with Crippen LogP contribution in [0.2, 0.25) is 0 Å². The minimum absolute atomic E-state index is 0.242. The maximum atomic E-state index is 11.2. The number of anilines is 1. The molecule has 1 aliphatic rings. The SMILES string of the molecule is CC(C)c1cccc(N2CCC2=O)c1. The Balaban J connectivity index is 2.26. The van der Waals surface area contributed by atoms with Gasteiger partial charge in [0, 0.05) is 18.7 Å². The van der Waals surface area contributed by atoms with Gasteiger partial charge in [-0.2, -0.15) is 0 Å². The number of β-lactam (4-membered cyclic amide) rings is 1. The lowest BCUT2D eigenvalue weighted by molar-refractivity contribution is -0.122. The first kappa shape index (κ1) is 9.25. The van der Waals surface area contributed by atoms with Crippen molar-refractivity contribution in [1.29, 1.82) is 0 Å². The van der Waals surface area contributed by atoms with Gasteiger partial charge in [-0.05, 0) is 23.6 Å². The molecule has 2 heteroatoms. The molecule has 0 bridgehead atoms. The largest absolute Gasteiger partial charge is 0.312 e. The lowest BCUT2D eigenvalue weighted by Crippen LogP contribution is -2.43. The van der Waals surface area contributed by atoms with Crippen LogP contribution in [0.5, 0.6) is 0 Å². The van der Waals surface area contributed by atoms with Crippen LogP contribution in [0.15, 0.2) is 24.3 Å². The van der Waals surface area contributed by atoms with Gasteiger partial charge in [0.05, 0.1) is 0 Å². The summed E-state index contributed by atoms with van der Waals surface area (Å²) in [7, 11) is 0. The fraction of sp³-hybridized carbons (Fsp3) is 0.417. The zero-order valence-electron chi connectivity index (χ0n) is 8.66. The van der Waals surface area contributed by atoms with Crippen molar-refractivity contribution >= 4 is 11.6 Å². The first-order valence-corrected chi connectivity index (χ1v) is 5.09. The Morgan fingerprint density at radius 1 is 1.36 bits per heavy atom. The van der Waals surface area contributed by atoms with E-state index in [0.29, 0.717) is 12.3 Å². The third-order valence-electron chi connectivity index (χ3n) is 2.70. The van der Waals surface area contributed by atoms with E-state index in [0.717, 1.165) is 12.2 Å². The van der Waals surface area contributed by atoms with Crippen molar-refractivity contribution in [1.82, 2.24) is 0 Å². The lowest BCUT2D eigenvalue weighted by atomic mass is 10.0. The van der Waals surface area contributed by atoms with E-state index in [9.17, 15) is 4.79 Å². The third kappa shape index (κ3) is 1.52. The van der Waals surface area contributed by atoms with Gasteiger partial charge in [-0.1, -0.05) is 26.0 Å². The van der Waals surface area contributed by atoms with Crippen LogP contribution < -0.4 is 4.90 Å². The molecule has 1 saturated heterocycles.